The van der Waals surface area contributed by atoms with Gasteiger partial charge in [-0.05, 0) is 56.4 Å². The van der Waals surface area contributed by atoms with Gasteiger partial charge in [-0.15, -0.1) is 0 Å². The monoisotopic (exact) mass is 327 g/mol. The van der Waals surface area contributed by atoms with Gasteiger partial charge in [0.15, 0.2) is 0 Å². The summed E-state index contributed by atoms with van der Waals surface area (Å²) in [5.41, 5.74) is 5.98. The minimum atomic E-state index is -2.63. The molecule has 6 unspecified atom stereocenters. The molecule has 1 heterocycles. The first-order valence-electron chi connectivity index (χ1n) is 9.10. The average molecular weight is 327 g/mol. The number of rotatable bonds is 4. The molecule has 5 aliphatic rings. The number of fused-ring (bicyclic) bond motifs is 1. The Labute approximate surface area is 135 Å². The first-order chi connectivity index (χ1) is 11.0. The third-order valence-corrected chi connectivity index (χ3v) is 7.14. The molecule has 4 bridgehead atoms. The summed E-state index contributed by atoms with van der Waals surface area (Å²) in [6, 6.07) is -0.0187. The minimum absolute atomic E-state index is 0.0187. The topological polar surface area (TPSA) is 67.2 Å². The maximum Gasteiger partial charge on any atom is 0.252 e. The van der Waals surface area contributed by atoms with E-state index in [9.17, 15) is 13.6 Å². The Morgan fingerprint density at radius 2 is 2.04 bits per heavy atom. The SMILES string of the molecule is NC1C2CCC3C(C2)C13C(=O)NCCC1CCNCCC1(F)F. The van der Waals surface area contributed by atoms with E-state index in [4.69, 9.17) is 5.73 Å². The number of carbonyl (C=O) groups excluding carboxylic acids is 1. The van der Waals surface area contributed by atoms with Crippen molar-refractivity contribution in [3.63, 3.8) is 0 Å². The van der Waals surface area contributed by atoms with Gasteiger partial charge in [-0.2, -0.15) is 0 Å². The van der Waals surface area contributed by atoms with Crippen LogP contribution in [0, 0.1) is 29.1 Å². The molecule has 5 rings (SSSR count). The van der Waals surface area contributed by atoms with E-state index in [-0.39, 0.29) is 23.8 Å². The second kappa shape index (κ2) is 5.38. The summed E-state index contributed by atoms with van der Waals surface area (Å²) in [6.45, 7) is 1.35. The molecule has 4 nitrogen and oxygen atoms in total. The first kappa shape index (κ1) is 15.8. The van der Waals surface area contributed by atoms with Crippen LogP contribution in [-0.2, 0) is 4.79 Å². The molecule has 4 N–H and O–H groups in total. The van der Waals surface area contributed by atoms with Gasteiger partial charge in [0.2, 0.25) is 5.91 Å². The fourth-order valence-corrected chi connectivity index (χ4v) is 5.84. The lowest BCUT2D eigenvalue weighted by Crippen LogP contribution is -2.49. The van der Waals surface area contributed by atoms with Gasteiger partial charge in [-0.25, -0.2) is 8.78 Å². The number of carbonyl (C=O) groups is 1. The van der Waals surface area contributed by atoms with E-state index in [0.29, 0.717) is 50.2 Å². The van der Waals surface area contributed by atoms with Crippen molar-refractivity contribution in [2.24, 2.45) is 34.8 Å². The maximum absolute atomic E-state index is 14.0. The van der Waals surface area contributed by atoms with E-state index >= 15 is 0 Å². The van der Waals surface area contributed by atoms with Crippen molar-refractivity contribution in [2.45, 2.75) is 50.5 Å². The predicted octanol–water partition coefficient (Wildman–Crippen LogP) is 1.50. The molecule has 5 fully saturated rings. The number of halogens is 2. The van der Waals surface area contributed by atoms with Gasteiger partial charge in [-0.3, -0.25) is 4.79 Å². The van der Waals surface area contributed by atoms with Crippen LogP contribution in [0.4, 0.5) is 8.78 Å². The van der Waals surface area contributed by atoms with E-state index in [2.05, 4.69) is 10.6 Å². The number of nitrogens with two attached hydrogens (primary N) is 1. The third kappa shape index (κ3) is 2.24. The summed E-state index contributed by atoms with van der Waals surface area (Å²) in [7, 11) is 0. The van der Waals surface area contributed by atoms with E-state index in [1.54, 1.807) is 0 Å². The Morgan fingerprint density at radius 3 is 2.74 bits per heavy atom. The van der Waals surface area contributed by atoms with Crippen LogP contribution >= 0.6 is 0 Å². The number of hydrogen-bond donors (Lipinski definition) is 3. The molecule has 6 atom stereocenters. The zero-order chi connectivity index (χ0) is 16.2. The lowest BCUT2D eigenvalue weighted by atomic mass is 9.77. The molecule has 0 radical (unpaired) electrons. The molecule has 1 saturated heterocycles. The molecule has 1 amide bonds. The Morgan fingerprint density at radius 1 is 1.22 bits per heavy atom. The quantitative estimate of drug-likeness (QED) is 0.733. The van der Waals surface area contributed by atoms with Crippen molar-refractivity contribution >= 4 is 5.91 Å². The summed E-state index contributed by atoms with van der Waals surface area (Å²) < 4.78 is 28.1. The van der Waals surface area contributed by atoms with E-state index in [1.807, 2.05) is 0 Å². The van der Waals surface area contributed by atoms with Crippen molar-refractivity contribution in [3.8, 4) is 0 Å². The summed E-state index contributed by atoms with van der Waals surface area (Å²) in [5.74, 6) is -1.83. The smallest absolute Gasteiger partial charge is 0.252 e. The van der Waals surface area contributed by atoms with Crippen LogP contribution in [-0.4, -0.2) is 37.5 Å². The standard InChI is InChI=1S/C17H27F2N3O/c18-16(19)5-8-21-6-3-11(16)4-7-22-15(23)17-12-2-1-10(14(17)20)9-13(12)17/h10-14,21H,1-9,20H2,(H,22,23). The lowest BCUT2D eigenvalue weighted by molar-refractivity contribution is -0.128. The molecule has 4 aliphatic carbocycles. The number of hydrogen-bond acceptors (Lipinski definition) is 3. The molecule has 0 aromatic rings. The number of amides is 1. The highest BCUT2D eigenvalue weighted by atomic mass is 19.3. The third-order valence-electron chi connectivity index (χ3n) is 7.14. The fourth-order valence-electron chi connectivity index (χ4n) is 5.84. The van der Waals surface area contributed by atoms with Crippen molar-refractivity contribution in [3.05, 3.63) is 0 Å². The van der Waals surface area contributed by atoms with Gasteiger partial charge in [0.25, 0.3) is 5.92 Å². The highest BCUT2D eigenvalue weighted by Gasteiger charge is 2.78. The molecular weight excluding hydrogens is 300 g/mol. The van der Waals surface area contributed by atoms with Crippen LogP contribution in [0.25, 0.3) is 0 Å². The normalized spacial score (nSPS) is 47.0. The van der Waals surface area contributed by atoms with Crippen LogP contribution in [0.3, 0.4) is 0 Å². The van der Waals surface area contributed by atoms with Gasteiger partial charge >= 0.3 is 0 Å². The minimum Gasteiger partial charge on any atom is -0.356 e. The Hall–Kier alpha value is -0.750. The number of alkyl halides is 2. The molecule has 130 valence electrons. The van der Waals surface area contributed by atoms with Gasteiger partial charge < -0.3 is 16.4 Å². The van der Waals surface area contributed by atoms with Crippen LogP contribution in [0.2, 0.25) is 0 Å². The molecule has 0 spiro atoms. The highest BCUT2D eigenvalue weighted by Crippen LogP contribution is 2.74. The summed E-state index contributed by atoms with van der Waals surface area (Å²) in [5, 5.41) is 5.98. The van der Waals surface area contributed by atoms with E-state index < -0.39 is 11.8 Å². The Bertz CT molecular complexity index is 494. The Balaban J connectivity index is 1.33. The fraction of sp³-hybridized carbons (Fsp3) is 0.941. The van der Waals surface area contributed by atoms with Crippen molar-refractivity contribution in [1.82, 2.24) is 10.6 Å². The molecule has 0 aromatic heterocycles. The molecule has 23 heavy (non-hydrogen) atoms. The Kier molecular flexibility index (Phi) is 3.69. The zero-order valence-corrected chi connectivity index (χ0v) is 13.5. The second-order valence-corrected chi connectivity index (χ2v) is 8.04. The van der Waals surface area contributed by atoms with Crippen molar-refractivity contribution in [2.75, 3.05) is 19.6 Å². The van der Waals surface area contributed by atoms with Crippen molar-refractivity contribution in [1.29, 1.82) is 0 Å². The lowest BCUT2D eigenvalue weighted by Gasteiger charge is -2.32. The molecule has 4 saturated carbocycles. The molecule has 0 aromatic carbocycles. The largest absolute Gasteiger partial charge is 0.356 e. The average Bonchev–Trinajstić information content (AvgIpc) is 3.17. The molecule has 6 heteroatoms. The van der Waals surface area contributed by atoms with Crippen LogP contribution in [0.15, 0.2) is 0 Å². The summed E-state index contributed by atoms with van der Waals surface area (Å²) in [4.78, 5) is 12.7. The molecule has 1 aliphatic heterocycles. The molecular formula is C17H27F2N3O. The van der Waals surface area contributed by atoms with Crippen LogP contribution < -0.4 is 16.4 Å². The maximum atomic E-state index is 14.0. The zero-order valence-electron chi connectivity index (χ0n) is 13.5. The van der Waals surface area contributed by atoms with Crippen LogP contribution in [0.1, 0.15) is 38.5 Å². The van der Waals surface area contributed by atoms with Gasteiger partial charge in [0, 0.05) is 31.5 Å². The highest BCUT2D eigenvalue weighted by molar-refractivity contribution is 5.88. The van der Waals surface area contributed by atoms with Gasteiger partial charge in [0.1, 0.15) is 0 Å². The van der Waals surface area contributed by atoms with Gasteiger partial charge in [0.05, 0.1) is 5.41 Å². The second-order valence-electron chi connectivity index (χ2n) is 8.04. The van der Waals surface area contributed by atoms with E-state index in [0.717, 1.165) is 19.3 Å². The van der Waals surface area contributed by atoms with E-state index in [1.165, 1.54) is 0 Å². The van der Waals surface area contributed by atoms with Crippen LogP contribution in [0.5, 0.6) is 0 Å². The summed E-state index contributed by atoms with van der Waals surface area (Å²) in [6.07, 6.45) is 4.07. The van der Waals surface area contributed by atoms with Gasteiger partial charge in [-0.1, -0.05) is 0 Å². The predicted molar refractivity (Wildman–Crippen MR) is 82.9 cm³/mol. The number of nitrogens with one attached hydrogen (secondary N) is 2. The van der Waals surface area contributed by atoms with Crippen molar-refractivity contribution < 1.29 is 13.6 Å². The first-order valence-corrected chi connectivity index (χ1v) is 9.10. The summed E-state index contributed by atoms with van der Waals surface area (Å²) >= 11 is 0.